The molecule has 5 rings (SSSR count). The summed E-state index contributed by atoms with van der Waals surface area (Å²) >= 11 is 0. The summed E-state index contributed by atoms with van der Waals surface area (Å²) in [4.78, 5) is 17.9. The van der Waals surface area contributed by atoms with Gasteiger partial charge in [-0.05, 0) is 54.1 Å². The minimum atomic E-state index is -4.80. The number of hydrogen-bond acceptors (Lipinski definition) is 4. The molecule has 34 heavy (non-hydrogen) atoms. The lowest BCUT2D eigenvalue weighted by molar-refractivity contribution is -0.274. The van der Waals surface area contributed by atoms with Crippen LogP contribution in [0.4, 0.5) is 13.2 Å². The first-order chi connectivity index (χ1) is 16.2. The van der Waals surface area contributed by atoms with Gasteiger partial charge in [0.05, 0.1) is 6.61 Å². The van der Waals surface area contributed by atoms with E-state index in [4.69, 9.17) is 4.74 Å². The minimum Gasteiger partial charge on any atom is -0.491 e. The molecule has 174 valence electrons. The fourth-order valence-corrected chi connectivity index (χ4v) is 4.36. The number of benzene rings is 2. The Morgan fingerprint density at radius 2 is 1.94 bits per heavy atom. The van der Waals surface area contributed by atoms with Crippen LogP contribution < -0.4 is 14.8 Å². The molecule has 1 N–H and O–H groups in total. The highest BCUT2D eigenvalue weighted by Crippen LogP contribution is 2.41. The van der Waals surface area contributed by atoms with Crippen LogP contribution >= 0.6 is 0 Å². The van der Waals surface area contributed by atoms with E-state index in [1.165, 1.54) is 24.3 Å². The predicted octanol–water partition coefficient (Wildman–Crippen LogP) is 4.93. The fourth-order valence-electron chi connectivity index (χ4n) is 4.36. The van der Waals surface area contributed by atoms with Crippen molar-refractivity contribution in [3.05, 3.63) is 89.9 Å². The zero-order valence-electron chi connectivity index (χ0n) is 18.1. The van der Waals surface area contributed by atoms with Gasteiger partial charge in [0, 0.05) is 42.3 Å². The summed E-state index contributed by atoms with van der Waals surface area (Å²) in [7, 11) is 1.92. The SMILES string of the molecule is Cn1ccc2cc(C(=O)N[C@]3(c4ccc(OC(F)(F)F)cc4)CCOc4cccnc43)ccc21. The molecule has 1 aliphatic heterocycles. The molecule has 0 bridgehead atoms. The van der Waals surface area contributed by atoms with Crippen LogP contribution in [0.2, 0.25) is 0 Å². The quantitative estimate of drug-likeness (QED) is 0.462. The molecular formula is C25H20F3N3O3. The third-order valence-corrected chi connectivity index (χ3v) is 5.96. The maximum Gasteiger partial charge on any atom is 0.573 e. The van der Waals surface area contributed by atoms with E-state index in [1.807, 2.05) is 29.9 Å². The molecule has 9 heteroatoms. The van der Waals surface area contributed by atoms with Gasteiger partial charge in [-0.1, -0.05) is 12.1 Å². The third kappa shape index (κ3) is 3.93. The van der Waals surface area contributed by atoms with E-state index in [2.05, 4.69) is 15.0 Å². The third-order valence-electron chi connectivity index (χ3n) is 5.96. The lowest BCUT2D eigenvalue weighted by Gasteiger charge is -2.39. The van der Waals surface area contributed by atoms with Gasteiger partial charge in [-0.3, -0.25) is 9.78 Å². The number of nitrogens with zero attached hydrogens (tertiary/aromatic N) is 2. The first kappa shape index (κ1) is 21.8. The van der Waals surface area contributed by atoms with Gasteiger partial charge in [-0.2, -0.15) is 0 Å². The molecule has 4 aromatic rings. The van der Waals surface area contributed by atoms with Crippen molar-refractivity contribution in [1.29, 1.82) is 0 Å². The first-order valence-electron chi connectivity index (χ1n) is 10.6. The summed E-state index contributed by atoms with van der Waals surface area (Å²) in [5.74, 6) is -0.177. The Morgan fingerprint density at radius 3 is 2.71 bits per heavy atom. The molecule has 6 nitrogen and oxygen atoms in total. The van der Waals surface area contributed by atoms with Crippen molar-refractivity contribution in [1.82, 2.24) is 14.9 Å². The molecule has 0 saturated heterocycles. The number of halogens is 3. The number of alkyl halides is 3. The summed E-state index contributed by atoms with van der Waals surface area (Å²) in [6.07, 6.45) is -0.950. The Labute approximate surface area is 192 Å². The van der Waals surface area contributed by atoms with Gasteiger partial charge in [0.2, 0.25) is 0 Å². The summed E-state index contributed by atoms with van der Waals surface area (Å²) in [5, 5.41) is 4.03. The number of hydrogen-bond donors (Lipinski definition) is 1. The monoisotopic (exact) mass is 467 g/mol. The van der Waals surface area contributed by atoms with Crippen LogP contribution in [0.5, 0.6) is 11.5 Å². The van der Waals surface area contributed by atoms with Crippen LogP contribution in [0.3, 0.4) is 0 Å². The fraction of sp³-hybridized carbons (Fsp3) is 0.200. The molecule has 3 heterocycles. The summed E-state index contributed by atoms with van der Waals surface area (Å²) in [6.45, 7) is 0.289. The van der Waals surface area contributed by atoms with Crippen molar-refractivity contribution in [2.75, 3.05) is 6.61 Å². The number of nitrogens with one attached hydrogen (secondary N) is 1. The second kappa shape index (κ2) is 8.09. The lowest BCUT2D eigenvalue weighted by atomic mass is 9.81. The maximum atomic E-state index is 13.4. The van der Waals surface area contributed by atoms with Crippen LogP contribution in [-0.4, -0.2) is 28.4 Å². The van der Waals surface area contributed by atoms with E-state index in [9.17, 15) is 18.0 Å². The molecule has 0 radical (unpaired) electrons. The van der Waals surface area contributed by atoms with Gasteiger partial charge in [-0.25, -0.2) is 0 Å². The van der Waals surface area contributed by atoms with Crippen LogP contribution in [0, 0.1) is 0 Å². The van der Waals surface area contributed by atoms with Crippen molar-refractivity contribution in [2.45, 2.75) is 18.3 Å². The van der Waals surface area contributed by atoms with Crippen LogP contribution in [-0.2, 0) is 12.6 Å². The van der Waals surface area contributed by atoms with Gasteiger partial charge in [0.15, 0.2) is 0 Å². The molecule has 2 aromatic carbocycles. The number of pyridine rings is 1. The molecular weight excluding hydrogens is 447 g/mol. The molecule has 0 saturated carbocycles. The zero-order valence-corrected chi connectivity index (χ0v) is 18.1. The largest absolute Gasteiger partial charge is 0.573 e. The standard InChI is InChI=1S/C25H20F3N3O3/c1-31-13-10-16-15-17(4-9-20(16)31)23(32)30-24(11-14-33-21-3-2-12-29-22(21)24)18-5-7-19(8-6-18)34-25(26,27)28/h2-10,12-13,15H,11,14H2,1H3,(H,30,32)/t24-/m0/s1. The number of ether oxygens (including phenoxy) is 2. The molecule has 0 fully saturated rings. The van der Waals surface area contributed by atoms with E-state index in [1.54, 1.807) is 30.5 Å². The number of carbonyl (C=O) groups excluding carboxylic acids is 1. The predicted molar refractivity (Wildman–Crippen MR) is 119 cm³/mol. The van der Waals surface area contributed by atoms with Crippen LogP contribution in [0.25, 0.3) is 10.9 Å². The average Bonchev–Trinajstić information content (AvgIpc) is 3.19. The number of amides is 1. The Kier molecular flexibility index (Phi) is 5.19. The van der Waals surface area contributed by atoms with Crippen molar-refractivity contribution in [3.63, 3.8) is 0 Å². The normalized spacial score (nSPS) is 17.6. The number of carbonyl (C=O) groups is 1. The van der Waals surface area contributed by atoms with Crippen molar-refractivity contribution in [2.24, 2.45) is 7.05 Å². The number of aromatic nitrogens is 2. The summed E-state index contributed by atoms with van der Waals surface area (Å²) in [6, 6.07) is 16.3. The number of fused-ring (bicyclic) bond motifs is 2. The maximum absolute atomic E-state index is 13.4. The summed E-state index contributed by atoms with van der Waals surface area (Å²) < 4.78 is 49.6. The van der Waals surface area contributed by atoms with Gasteiger partial charge in [0.25, 0.3) is 5.91 Å². The van der Waals surface area contributed by atoms with E-state index in [-0.39, 0.29) is 18.3 Å². The highest BCUT2D eigenvalue weighted by molar-refractivity contribution is 5.99. The van der Waals surface area contributed by atoms with Crippen LogP contribution in [0.15, 0.2) is 73.1 Å². The number of aryl methyl sites for hydroxylation is 1. The van der Waals surface area contributed by atoms with E-state index >= 15 is 0 Å². The van der Waals surface area contributed by atoms with Gasteiger partial charge >= 0.3 is 6.36 Å². The van der Waals surface area contributed by atoms with Gasteiger partial charge in [-0.15, -0.1) is 13.2 Å². The second-order valence-corrected chi connectivity index (χ2v) is 8.08. The van der Waals surface area contributed by atoms with Crippen molar-refractivity contribution >= 4 is 16.8 Å². The highest BCUT2D eigenvalue weighted by Gasteiger charge is 2.42. The highest BCUT2D eigenvalue weighted by atomic mass is 19.4. The van der Waals surface area contributed by atoms with E-state index in [0.29, 0.717) is 29.0 Å². The van der Waals surface area contributed by atoms with Gasteiger partial charge in [0.1, 0.15) is 22.7 Å². The molecule has 2 aromatic heterocycles. The van der Waals surface area contributed by atoms with Crippen LogP contribution in [0.1, 0.15) is 28.0 Å². The lowest BCUT2D eigenvalue weighted by Crippen LogP contribution is -2.50. The second-order valence-electron chi connectivity index (χ2n) is 8.08. The minimum absolute atomic E-state index is 0.289. The van der Waals surface area contributed by atoms with E-state index in [0.717, 1.165) is 10.9 Å². The zero-order chi connectivity index (χ0) is 23.9. The molecule has 0 unspecified atom stereocenters. The topological polar surface area (TPSA) is 65.4 Å². The van der Waals surface area contributed by atoms with Gasteiger partial charge < -0.3 is 19.4 Å². The number of rotatable bonds is 4. The Hall–Kier alpha value is -4.01. The Morgan fingerprint density at radius 1 is 1.15 bits per heavy atom. The molecule has 0 aliphatic carbocycles. The average molecular weight is 467 g/mol. The molecule has 1 aliphatic rings. The Balaban J connectivity index is 1.56. The van der Waals surface area contributed by atoms with Crippen molar-refractivity contribution in [3.8, 4) is 11.5 Å². The molecule has 1 amide bonds. The smallest absolute Gasteiger partial charge is 0.491 e. The van der Waals surface area contributed by atoms with E-state index < -0.39 is 11.9 Å². The Bertz CT molecular complexity index is 1370. The molecule has 1 atom stereocenters. The molecule has 0 spiro atoms. The summed E-state index contributed by atoms with van der Waals surface area (Å²) in [5.41, 5.74) is 1.40. The van der Waals surface area contributed by atoms with Crippen molar-refractivity contribution < 1.29 is 27.4 Å². The first-order valence-corrected chi connectivity index (χ1v) is 10.6.